The van der Waals surface area contributed by atoms with Gasteiger partial charge in [-0.1, -0.05) is 11.3 Å². The largest absolute Gasteiger partial charge is 0.311 e. The number of nitrogens with zero attached hydrogens (tertiary/aromatic N) is 2. The molecule has 1 amide bonds. The van der Waals surface area contributed by atoms with Crippen molar-refractivity contribution in [1.82, 2.24) is 15.5 Å². The molecule has 0 aromatic carbocycles. The van der Waals surface area contributed by atoms with Gasteiger partial charge in [0.25, 0.3) is 6.43 Å². The van der Waals surface area contributed by atoms with Gasteiger partial charge >= 0.3 is 0 Å². The highest BCUT2D eigenvalue weighted by Crippen LogP contribution is 2.33. The Kier molecular flexibility index (Phi) is 3.93. The summed E-state index contributed by atoms with van der Waals surface area (Å²) < 4.78 is 24.7. The first-order valence-corrected chi connectivity index (χ1v) is 7.59. The van der Waals surface area contributed by atoms with E-state index in [1.807, 2.05) is 0 Å². The molecule has 0 saturated carbocycles. The third-order valence-electron chi connectivity index (χ3n) is 3.92. The fourth-order valence-corrected chi connectivity index (χ4v) is 3.76. The van der Waals surface area contributed by atoms with Crippen molar-refractivity contribution in [2.75, 3.05) is 5.32 Å². The standard InChI is InChI=1S/C12H16F2N4OS/c13-10(14)11-17-18-12(20-11)16-9(19)5-6-3-7-1-2-8(4-6)15-7/h6-8,10,15H,1-5H2,(H,16,18,19). The zero-order valence-corrected chi connectivity index (χ0v) is 11.6. The number of alkyl halides is 2. The van der Waals surface area contributed by atoms with Crippen LogP contribution in [0, 0.1) is 5.92 Å². The molecule has 1 aromatic rings. The van der Waals surface area contributed by atoms with Crippen molar-refractivity contribution < 1.29 is 13.6 Å². The summed E-state index contributed by atoms with van der Waals surface area (Å²) in [6, 6.07) is 1.08. The number of fused-ring (bicyclic) bond motifs is 2. The quantitative estimate of drug-likeness (QED) is 0.896. The van der Waals surface area contributed by atoms with E-state index in [1.165, 1.54) is 12.8 Å². The van der Waals surface area contributed by atoms with Gasteiger partial charge in [0.2, 0.25) is 11.0 Å². The van der Waals surface area contributed by atoms with E-state index in [4.69, 9.17) is 0 Å². The summed E-state index contributed by atoms with van der Waals surface area (Å²) in [6.07, 6.45) is 2.20. The number of piperidine rings is 1. The minimum atomic E-state index is -2.64. The van der Waals surface area contributed by atoms with Crippen molar-refractivity contribution in [2.45, 2.75) is 50.6 Å². The molecule has 2 unspecified atom stereocenters. The monoisotopic (exact) mass is 302 g/mol. The van der Waals surface area contributed by atoms with E-state index in [1.54, 1.807) is 0 Å². The van der Waals surface area contributed by atoms with Gasteiger partial charge in [0.1, 0.15) is 0 Å². The molecule has 20 heavy (non-hydrogen) atoms. The smallest absolute Gasteiger partial charge is 0.291 e. The Morgan fingerprint density at radius 1 is 1.35 bits per heavy atom. The van der Waals surface area contributed by atoms with Crippen molar-refractivity contribution in [1.29, 1.82) is 0 Å². The van der Waals surface area contributed by atoms with Crippen LogP contribution in [-0.2, 0) is 4.79 Å². The minimum Gasteiger partial charge on any atom is -0.311 e. The summed E-state index contributed by atoms with van der Waals surface area (Å²) in [4.78, 5) is 11.9. The topological polar surface area (TPSA) is 66.9 Å². The third-order valence-corrected chi connectivity index (χ3v) is 4.76. The van der Waals surface area contributed by atoms with Gasteiger partial charge < -0.3 is 10.6 Å². The summed E-state index contributed by atoms with van der Waals surface area (Å²) in [5.41, 5.74) is 0. The van der Waals surface area contributed by atoms with Crippen LogP contribution in [0.2, 0.25) is 0 Å². The number of nitrogens with one attached hydrogen (secondary N) is 2. The number of amides is 1. The predicted octanol–water partition coefficient (Wildman–Crippen LogP) is 2.33. The lowest BCUT2D eigenvalue weighted by Crippen LogP contribution is -2.39. The number of rotatable bonds is 4. The number of aromatic nitrogens is 2. The molecule has 2 bridgehead atoms. The summed E-state index contributed by atoms with van der Waals surface area (Å²) in [6.45, 7) is 0. The van der Waals surface area contributed by atoms with Crippen molar-refractivity contribution >= 4 is 22.4 Å². The van der Waals surface area contributed by atoms with Gasteiger partial charge in [0, 0.05) is 18.5 Å². The van der Waals surface area contributed by atoms with Crippen LogP contribution in [-0.4, -0.2) is 28.2 Å². The number of halogens is 2. The molecule has 2 fully saturated rings. The Labute approximate surface area is 119 Å². The third kappa shape index (κ3) is 3.12. The van der Waals surface area contributed by atoms with E-state index >= 15 is 0 Å². The molecule has 0 spiro atoms. The summed E-state index contributed by atoms with van der Waals surface area (Å²) >= 11 is 0.728. The van der Waals surface area contributed by atoms with Crippen molar-refractivity contribution in [3.05, 3.63) is 5.01 Å². The molecule has 110 valence electrons. The van der Waals surface area contributed by atoms with Crippen LogP contribution in [0.15, 0.2) is 0 Å². The lowest BCUT2D eigenvalue weighted by Gasteiger charge is -2.28. The van der Waals surface area contributed by atoms with Crippen LogP contribution in [0.4, 0.5) is 13.9 Å². The summed E-state index contributed by atoms with van der Waals surface area (Å²) in [5.74, 6) is 0.213. The van der Waals surface area contributed by atoms with Gasteiger partial charge in [0.15, 0.2) is 5.01 Å². The molecule has 1 aromatic heterocycles. The van der Waals surface area contributed by atoms with Crippen LogP contribution in [0.3, 0.4) is 0 Å². The summed E-state index contributed by atoms with van der Waals surface area (Å²) in [7, 11) is 0. The molecule has 2 aliphatic rings. The van der Waals surface area contributed by atoms with Crippen molar-refractivity contribution in [3.8, 4) is 0 Å². The Morgan fingerprint density at radius 2 is 2.05 bits per heavy atom. The second-order valence-corrected chi connectivity index (χ2v) is 6.48. The molecule has 0 radical (unpaired) electrons. The maximum atomic E-state index is 12.4. The van der Waals surface area contributed by atoms with E-state index in [-0.39, 0.29) is 16.0 Å². The van der Waals surface area contributed by atoms with E-state index < -0.39 is 6.43 Å². The van der Waals surface area contributed by atoms with E-state index in [2.05, 4.69) is 20.8 Å². The molecule has 0 aliphatic carbocycles. The molecule has 2 saturated heterocycles. The van der Waals surface area contributed by atoms with Gasteiger partial charge in [-0.05, 0) is 31.6 Å². The number of carbonyl (C=O) groups excluding carboxylic acids is 1. The van der Waals surface area contributed by atoms with E-state index in [0.29, 0.717) is 24.4 Å². The first-order valence-electron chi connectivity index (χ1n) is 6.77. The lowest BCUT2D eigenvalue weighted by atomic mass is 9.89. The number of carbonyl (C=O) groups is 1. The number of hydrogen-bond donors (Lipinski definition) is 2. The highest BCUT2D eigenvalue weighted by atomic mass is 32.1. The van der Waals surface area contributed by atoms with Crippen LogP contribution in [0.25, 0.3) is 0 Å². The Balaban J connectivity index is 1.51. The van der Waals surface area contributed by atoms with Gasteiger partial charge in [-0.2, -0.15) is 0 Å². The Hall–Kier alpha value is -1.15. The van der Waals surface area contributed by atoms with Gasteiger partial charge in [-0.25, -0.2) is 8.78 Å². The lowest BCUT2D eigenvalue weighted by molar-refractivity contribution is -0.117. The maximum Gasteiger partial charge on any atom is 0.291 e. The number of hydrogen-bond acceptors (Lipinski definition) is 5. The summed E-state index contributed by atoms with van der Waals surface area (Å²) in [5, 5.41) is 12.8. The molecule has 5 nitrogen and oxygen atoms in total. The molecule has 2 aliphatic heterocycles. The van der Waals surface area contributed by atoms with E-state index in [9.17, 15) is 13.6 Å². The molecular formula is C12H16F2N4OS. The molecule has 3 rings (SSSR count). The van der Waals surface area contributed by atoms with Crippen LogP contribution in [0.1, 0.15) is 43.5 Å². The van der Waals surface area contributed by atoms with E-state index in [0.717, 1.165) is 24.2 Å². The molecule has 8 heteroatoms. The van der Waals surface area contributed by atoms with Gasteiger partial charge in [-0.15, -0.1) is 10.2 Å². The predicted molar refractivity (Wildman–Crippen MR) is 70.8 cm³/mol. The highest BCUT2D eigenvalue weighted by Gasteiger charge is 2.34. The zero-order chi connectivity index (χ0) is 14.1. The van der Waals surface area contributed by atoms with Gasteiger partial charge in [-0.3, -0.25) is 4.79 Å². The average Bonchev–Trinajstić information content (AvgIpc) is 2.96. The van der Waals surface area contributed by atoms with Crippen molar-refractivity contribution in [2.24, 2.45) is 5.92 Å². The zero-order valence-electron chi connectivity index (χ0n) is 10.8. The Morgan fingerprint density at radius 3 is 2.65 bits per heavy atom. The fourth-order valence-electron chi connectivity index (χ4n) is 3.15. The van der Waals surface area contributed by atoms with Gasteiger partial charge in [0.05, 0.1) is 0 Å². The molecule has 3 heterocycles. The normalized spacial score (nSPS) is 28.9. The molecule has 2 atom stereocenters. The molecular weight excluding hydrogens is 286 g/mol. The van der Waals surface area contributed by atoms with Crippen molar-refractivity contribution in [3.63, 3.8) is 0 Å². The van der Waals surface area contributed by atoms with Crippen LogP contribution < -0.4 is 10.6 Å². The number of anilines is 1. The second kappa shape index (κ2) is 5.69. The fraction of sp³-hybridized carbons (Fsp3) is 0.750. The van der Waals surface area contributed by atoms with Crippen LogP contribution >= 0.6 is 11.3 Å². The molecule has 2 N–H and O–H groups in total. The average molecular weight is 302 g/mol. The first kappa shape index (κ1) is 13.8. The SMILES string of the molecule is O=C(CC1CC2CCC(C1)N2)Nc1nnc(C(F)F)s1. The van der Waals surface area contributed by atoms with Crippen LogP contribution in [0.5, 0.6) is 0 Å². The highest BCUT2D eigenvalue weighted by molar-refractivity contribution is 7.15. The minimum absolute atomic E-state index is 0.155. The maximum absolute atomic E-state index is 12.4. The Bertz CT molecular complexity index is 484. The second-order valence-electron chi connectivity index (χ2n) is 5.47. The first-order chi connectivity index (χ1) is 9.60.